The third kappa shape index (κ3) is 3.12. The Kier molecular flexibility index (Phi) is 4.98. The van der Waals surface area contributed by atoms with Crippen molar-refractivity contribution in [2.45, 2.75) is 56.9 Å². The van der Waals surface area contributed by atoms with Gasteiger partial charge in [-0.25, -0.2) is 4.39 Å². The molecule has 28 heavy (non-hydrogen) atoms. The summed E-state index contributed by atoms with van der Waals surface area (Å²) >= 11 is 0. The number of aliphatic hydroxyl groups is 2. The number of carbonyl (C=O) groups is 1. The first kappa shape index (κ1) is 19.1. The SMILES string of the molecule is C[C@@]12C[C@H](c3ccccc3)N(C(=O)c3cccc(F)c3)[C@@H]1CCC[C@@H](O)[C@H]2O. The lowest BCUT2D eigenvalue weighted by molar-refractivity contribution is -0.0612. The molecule has 1 saturated heterocycles. The fourth-order valence-corrected chi connectivity index (χ4v) is 5.10. The number of aliphatic hydroxyl groups excluding tert-OH is 2. The van der Waals surface area contributed by atoms with Crippen LogP contribution in [-0.2, 0) is 0 Å². The van der Waals surface area contributed by atoms with E-state index in [0.717, 1.165) is 12.0 Å². The number of likely N-dealkylation sites (tertiary alicyclic amines) is 1. The molecule has 0 aromatic heterocycles. The molecular formula is C23H26FNO3. The van der Waals surface area contributed by atoms with E-state index in [1.807, 2.05) is 42.2 Å². The maximum atomic E-state index is 13.8. The zero-order valence-electron chi connectivity index (χ0n) is 16.0. The van der Waals surface area contributed by atoms with Gasteiger partial charge in [0.15, 0.2) is 0 Å². The Balaban J connectivity index is 1.80. The molecule has 1 aliphatic carbocycles. The summed E-state index contributed by atoms with van der Waals surface area (Å²) in [5, 5.41) is 21.3. The minimum absolute atomic E-state index is 0.222. The van der Waals surface area contributed by atoms with Gasteiger partial charge in [0.05, 0.1) is 18.2 Å². The quantitative estimate of drug-likeness (QED) is 0.831. The maximum absolute atomic E-state index is 13.8. The van der Waals surface area contributed by atoms with E-state index >= 15 is 0 Å². The van der Waals surface area contributed by atoms with E-state index in [9.17, 15) is 19.4 Å². The van der Waals surface area contributed by atoms with Crippen molar-refractivity contribution in [3.63, 3.8) is 0 Å². The molecule has 2 N–H and O–H groups in total. The summed E-state index contributed by atoms with van der Waals surface area (Å²) in [7, 11) is 0. The van der Waals surface area contributed by atoms with Gasteiger partial charge in [0.2, 0.25) is 0 Å². The van der Waals surface area contributed by atoms with Crippen molar-refractivity contribution < 1.29 is 19.4 Å². The Morgan fingerprint density at radius 3 is 2.57 bits per heavy atom. The summed E-state index contributed by atoms with van der Waals surface area (Å²) in [5.41, 5.74) is 0.673. The zero-order valence-corrected chi connectivity index (χ0v) is 16.0. The molecule has 2 aliphatic rings. The molecular weight excluding hydrogens is 357 g/mol. The van der Waals surface area contributed by atoms with Gasteiger partial charge in [0.25, 0.3) is 5.91 Å². The number of hydrogen-bond donors (Lipinski definition) is 2. The first-order valence-corrected chi connectivity index (χ1v) is 9.91. The van der Waals surface area contributed by atoms with E-state index in [0.29, 0.717) is 24.8 Å². The molecule has 2 aromatic rings. The Bertz CT molecular complexity index is 858. The van der Waals surface area contributed by atoms with Crippen molar-refractivity contribution in [2.75, 3.05) is 0 Å². The lowest BCUT2D eigenvalue weighted by Crippen LogP contribution is -2.49. The molecule has 5 atom stereocenters. The molecule has 2 fully saturated rings. The first-order valence-electron chi connectivity index (χ1n) is 9.91. The van der Waals surface area contributed by atoms with Crippen LogP contribution in [0.3, 0.4) is 0 Å². The lowest BCUT2D eigenvalue weighted by Gasteiger charge is -2.38. The highest BCUT2D eigenvalue weighted by atomic mass is 19.1. The molecule has 0 unspecified atom stereocenters. The van der Waals surface area contributed by atoms with Gasteiger partial charge in [0.1, 0.15) is 5.82 Å². The summed E-state index contributed by atoms with van der Waals surface area (Å²) in [6.07, 6.45) is 0.806. The van der Waals surface area contributed by atoms with Crippen LogP contribution in [0, 0.1) is 11.2 Å². The topological polar surface area (TPSA) is 60.8 Å². The summed E-state index contributed by atoms with van der Waals surface area (Å²) in [5.74, 6) is -0.675. The Labute approximate surface area is 164 Å². The molecule has 0 spiro atoms. The normalized spacial score (nSPS) is 32.6. The highest BCUT2D eigenvalue weighted by Gasteiger charge is 2.57. The van der Waals surface area contributed by atoms with E-state index in [4.69, 9.17) is 0 Å². The number of hydrogen-bond acceptors (Lipinski definition) is 3. The lowest BCUT2D eigenvalue weighted by atomic mass is 9.74. The molecule has 1 amide bonds. The van der Waals surface area contributed by atoms with Crippen molar-refractivity contribution in [3.8, 4) is 0 Å². The summed E-state index contributed by atoms with van der Waals surface area (Å²) in [4.78, 5) is 15.3. The van der Waals surface area contributed by atoms with Crippen molar-refractivity contribution in [1.29, 1.82) is 0 Å². The number of nitrogens with zero attached hydrogens (tertiary/aromatic N) is 1. The van der Waals surface area contributed by atoms with Crippen molar-refractivity contribution in [2.24, 2.45) is 5.41 Å². The van der Waals surface area contributed by atoms with Crippen molar-refractivity contribution >= 4 is 5.91 Å². The molecule has 148 valence electrons. The Morgan fingerprint density at radius 1 is 1.11 bits per heavy atom. The molecule has 5 heteroatoms. The standard InChI is InChI=1S/C23H26FNO3/c1-23-14-18(15-7-3-2-4-8-15)25(20(23)12-6-11-19(26)21(23)27)22(28)16-9-5-10-17(24)13-16/h2-5,7-10,13,18-21,26-27H,6,11-12,14H2,1H3/t18-,19-,20-,21-,23-/m1/s1. The predicted molar refractivity (Wildman–Crippen MR) is 104 cm³/mol. The van der Waals surface area contributed by atoms with Crippen molar-refractivity contribution in [3.05, 3.63) is 71.5 Å². The summed E-state index contributed by atoms with van der Waals surface area (Å²) < 4.78 is 13.8. The van der Waals surface area contributed by atoms with Gasteiger partial charge < -0.3 is 15.1 Å². The average molecular weight is 383 g/mol. The largest absolute Gasteiger partial charge is 0.390 e. The molecule has 0 radical (unpaired) electrons. The molecule has 2 aromatic carbocycles. The predicted octanol–water partition coefficient (Wildman–Crippen LogP) is 3.69. The molecule has 1 saturated carbocycles. The molecule has 4 rings (SSSR count). The maximum Gasteiger partial charge on any atom is 0.254 e. The monoisotopic (exact) mass is 383 g/mol. The second kappa shape index (κ2) is 7.30. The molecule has 4 nitrogen and oxygen atoms in total. The molecule has 1 heterocycles. The van der Waals surface area contributed by atoms with Gasteiger partial charge in [-0.1, -0.05) is 43.3 Å². The van der Waals surface area contributed by atoms with E-state index in [1.54, 1.807) is 12.1 Å². The van der Waals surface area contributed by atoms with Crippen LogP contribution in [0.15, 0.2) is 54.6 Å². The zero-order chi connectivity index (χ0) is 19.9. The number of amides is 1. The smallest absolute Gasteiger partial charge is 0.254 e. The number of benzene rings is 2. The van der Waals surface area contributed by atoms with Gasteiger partial charge in [-0.05, 0) is 49.4 Å². The van der Waals surface area contributed by atoms with Crippen LogP contribution >= 0.6 is 0 Å². The van der Waals surface area contributed by atoms with Crippen LogP contribution in [0.5, 0.6) is 0 Å². The second-order valence-corrected chi connectivity index (χ2v) is 8.32. The van der Waals surface area contributed by atoms with Crippen LogP contribution in [0.2, 0.25) is 0 Å². The van der Waals surface area contributed by atoms with Gasteiger partial charge in [0, 0.05) is 17.0 Å². The third-order valence-electron chi connectivity index (χ3n) is 6.57. The molecule has 1 aliphatic heterocycles. The van der Waals surface area contributed by atoms with Gasteiger partial charge in [-0.2, -0.15) is 0 Å². The number of fused-ring (bicyclic) bond motifs is 1. The summed E-state index contributed by atoms with van der Waals surface area (Å²) in [6.45, 7) is 1.96. The highest BCUT2D eigenvalue weighted by molar-refractivity contribution is 5.95. The summed E-state index contributed by atoms with van der Waals surface area (Å²) in [6, 6.07) is 15.1. The second-order valence-electron chi connectivity index (χ2n) is 8.32. The highest BCUT2D eigenvalue weighted by Crippen LogP contribution is 2.53. The Morgan fingerprint density at radius 2 is 1.86 bits per heavy atom. The van der Waals surface area contributed by atoms with E-state index in [1.165, 1.54) is 12.1 Å². The van der Waals surface area contributed by atoms with Crippen LogP contribution in [0.25, 0.3) is 0 Å². The van der Waals surface area contributed by atoms with Crippen molar-refractivity contribution in [1.82, 2.24) is 4.90 Å². The van der Waals surface area contributed by atoms with Gasteiger partial charge >= 0.3 is 0 Å². The minimum Gasteiger partial charge on any atom is -0.390 e. The minimum atomic E-state index is -0.906. The van der Waals surface area contributed by atoms with Gasteiger partial charge in [-0.3, -0.25) is 4.79 Å². The van der Waals surface area contributed by atoms with E-state index < -0.39 is 23.4 Å². The van der Waals surface area contributed by atoms with Crippen LogP contribution in [-0.4, -0.2) is 39.3 Å². The number of halogens is 1. The number of carbonyl (C=O) groups excluding carboxylic acids is 1. The molecule has 0 bridgehead atoms. The fraction of sp³-hybridized carbons (Fsp3) is 0.435. The number of rotatable bonds is 2. The van der Waals surface area contributed by atoms with E-state index in [2.05, 4.69) is 0 Å². The third-order valence-corrected chi connectivity index (χ3v) is 6.57. The van der Waals surface area contributed by atoms with Gasteiger partial charge in [-0.15, -0.1) is 0 Å². The Hall–Kier alpha value is -2.24. The fourth-order valence-electron chi connectivity index (χ4n) is 5.10. The van der Waals surface area contributed by atoms with Crippen LogP contribution in [0.1, 0.15) is 54.6 Å². The first-order chi connectivity index (χ1) is 13.4. The van der Waals surface area contributed by atoms with Crippen LogP contribution < -0.4 is 0 Å². The average Bonchev–Trinajstić information content (AvgIpc) is 2.95. The van der Waals surface area contributed by atoms with E-state index in [-0.39, 0.29) is 18.0 Å². The van der Waals surface area contributed by atoms with Crippen LogP contribution in [0.4, 0.5) is 4.39 Å².